The molecular formula is C15H16F3N3O2. The van der Waals surface area contributed by atoms with Crippen molar-refractivity contribution in [3.05, 3.63) is 18.0 Å². The second-order valence-corrected chi connectivity index (χ2v) is 6.09. The van der Waals surface area contributed by atoms with Crippen molar-refractivity contribution in [2.45, 2.75) is 25.2 Å². The summed E-state index contributed by atoms with van der Waals surface area (Å²) in [6, 6.07) is 2.33. The first-order valence-electron chi connectivity index (χ1n) is 7.25. The van der Waals surface area contributed by atoms with Crippen molar-refractivity contribution < 1.29 is 23.0 Å². The van der Waals surface area contributed by atoms with Crippen LogP contribution >= 0.6 is 0 Å². The lowest BCUT2D eigenvalue weighted by molar-refractivity contribution is -0.210. The minimum Gasteiger partial charge on any atom is -0.494 e. The molecule has 5 atom stereocenters. The van der Waals surface area contributed by atoms with Gasteiger partial charge in [0.15, 0.2) is 17.5 Å². The third-order valence-corrected chi connectivity index (χ3v) is 4.95. The summed E-state index contributed by atoms with van der Waals surface area (Å²) in [5.74, 6) is 0.326. The number of anilines is 1. The highest BCUT2D eigenvalue weighted by Crippen LogP contribution is 2.57. The molecule has 1 aliphatic carbocycles. The Morgan fingerprint density at radius 3 is 2.78 bits per heavy atom. The number of hydrogen-bond donors (Lipinski definition) is 1. The molecule has 0 radical (unpaired) electrons. The molecule has 1 saturated carbocycles. The van der Waals surface area contributed by atoms with Crippen LogP contribution in [0.15, 0.2) is 12.3 Å². The van der Waals surface area contributed by atoms with Gasteiger partial charge in [0.25, 0.3) is 0 Å². The molecule has 3 rings (SSSR count). The third kappa shape index (κ3) is 2.49. The lowest BCUT2D eigenvalue weighted by Gasteiger charge is -2.34. The van der Waals surface area contributed by atoms with E-state index in [2.05, 4.69) is 4.98 Å². The number of hydrogen-bond acceptors (Lipinski definition) is 5. The number of nitrogens with zero attached hydrogens (tertiary/aromatic N) is 3. The van der Waals surface area contributed by atoms with Crippen molar-refractivity contribution in [1.29, 1.82) is 5.26 Å². The van der Waals surface area contributed by atoms with Crippen LogP contribution in [0.4, 0.5) is 18.9 Å². The van der Waals surface area contributed by atoms with Crippen LogP contribution in [0.3, 0.4) is 0 Å². The Labute approximate surface area is 131 Å². The van der Waals surface area contributed by atoms with Crippen LogP contribution in [0.25, 0.3) is 0 Å². The van der Waals surface area contributed by atoms with Crippen molar-refractivity contribution in [3.63, 3.8) is 0 Å². The zero-order valence-corrected chi connectivity index (χ0v) is 12.6. The predicted molar refractivity (Wildman–Crippen MR) is 74.8 cm³/mol. The molecule has 8 heteroatoms. The van der Waals surface area contributed by atoms with E-state index in [0.29, 0.717) is 12.2 Å². The van der Waals surface area contributed by atoms with Crippen LogP contribution in [0.1, 0.15) is 12.6 Å². The molecular weight excluding hydrogens is 311 g/mol. The minimum atomic E-state index is -4.68. The topological polar surface area (TPSA) is 69.4 Å². The second-order valence-electron chi connectivity index (χ2n) is 6.09. The number of aromatic nitrogens is 1. The predicted octanol–water partition coefficient (Wildman–Crippen LogP) is 1.96. The number of nitriles is 1. The molecule has 23 heavy (non-hydrogen) atoms. The van der Waals surface area contributed by atoms with Gasteiger partial charge in [0, 0.05) is 12.6 Å². The second kappa shape index (κ2) is 5.27. The Bertz CT molecular complexity index is 658. The van der Waals surface area contributed by atoms with Gasteiger partial charge in [-0.1, -0.05) is 6.92 Å². The normalized spacial score (nSPS) is 30.6. The van der Waals surface area contributed by atoms with E-state index in [1.165, 1.54) is 24.3 Å². The maximum atomic E-state index is 13.0. The van der Waals surface area contributed by atoms with Gasteiger partial charge in [-0.2, -0.15) is 18.4 Å². The largest absolute Gasteiger partial charge is 0.494 e. The van der Waals surface area contributed by atoms with Gasteiger partial charge in [0.05, 0.1) is 25.0 Å². The fourth-order valence-electron chi connectivity index (χ4n) is 3.67. The van der Waals surface area contributed by atoms with Crippen LogP contribution in [-0.4, -0.2) is 42.1 Å². The van der Waals surface area contributed by atoms with E-state index in [-0.39, 0.29) is 29.2 Å². The Kier molecular flexibility index (Phi) is 3.64. The van der Waals surface area contributed by atoms with Crippen LogP contribution < -0.4 is 9.64 Å². The molecule has 2 fully saturated rings. The summed E-state index contributed by atoms with van der Waals surface area (Å²) in [6.45, 7) is 2.33. The van der Waals surface area contributed by atoms with E-state index in [0.717, 1.165) is 0 Å². The number of piperidine rings is 1. The van der Waals surface area contributed by atoms with Gasteiger partial charge in [-0.15, -0.1) is 0 Å². The van der Waals surface area contributed by atoms with E-state index >= 15 is 0 Å². The lowest BCUT2D eigenvalue weighted by atomic mass is 10.0. The molecule has 1 N–H and O–H groups in total. The van der Waals surface area contributed by atoms with Crippen molar-refractivity contribution in [1.82, 2.24) is 4.98 Å². The molecule has 1 saturated heterocycles. The average molecular weight is 327 g/mol. The number of fused-ring (bicyclic) bond motifs is 1. The minimum absolute atomic E-state index is 0.0712. The number of methoxy groups -OCH3 is 1. The summed E-state index contributed by atoms with van der Waals surface area (Å²) in [5.41, 5.74) is 0.496. The molecule has 0 amide bonds. The van der Waals surface area contributed by atoms with Crippen molar-refractivity contribution >= 4 is 5.69 Å². The Hall–Kier alpha value is -2.01. The zero-order chi connectivity index (χ0) is 16.9. The first-order valence-corrected chi connectivity index (χ1v) is 7.25. The highest BCUT2D eigenvalue weighted by molar-refractivity contribution is 5.56. The summed E-state index contributed by atoms with van der Waals surface area (Å²) in [4.78, 5) is 5.47. The Balaban J connectivity index is 1.94. The molecule has 1 aromatic heterocycles. The summed E-state index contributed by atoms with van der Waals surface area (Å²) >= 11 is 0. The molecule has 0 spiro atoms. The quantitative estimate of drug-likeness (QED) is 0.919. The fraction of sp³-hybridized carbons (Fsp3) is 0.600. The summed E-state index contributed by atoms with van der Waals surface area (Å²) in [5, 5.41) is 18.7. The van der Waals surface area contributed by atoms with Crippen molar-refractivity contribution in [3.8, 4) is 11.8 Å². The van der Waals surface area contributed by atoms with Crippen molar-refractivity contribution in [2.75, 3.05) is 18.6 Å². The molecule has 124 valence electrons. The Morgan fingerprint density at radius 1 is 1.52 bits per heavy atom. The average Bonchev–Trinajstić information content (AvgIpc) is 2.97. The molecule has 5 nitrogen and oxygen atoms in total. The van der Waals surface area contributed by atoms with Gasteiger partial charge in [0.1, 0.15) is 6.07 Å². The first-order chi connectivity index (χ1) is 10.8. The number of ether oxygens (including phenoxy) is 1. The van der Waals surface area contributed by atoms with E-state index in [4.69, 9.17) is 10.00 Å². The van der Waals surface area contributed by atoms with E-state index < -0.39 is 18.3 Å². The standard InChI is InChI=1S/C15H16F3N3O2/c1-7-9-6-21(13(12(7)9)14(22)15(16,17)18)8-3-11(23-2)10(4-19)20-5-8/h3,5,7,9,12-14,22H,6H2,1-2H3/t7?,9?,12?,13?,14-/m1/s1. The highest BCUT2D eigenvalue weighted by atomic mass is 19.4. The molecule has 2 aliphatic rings. The SMILES string of the molecule is COc1cc(N2CC3C(C)C3C2[C@@H](O)C(F)(F)F)cnc1C#N. The summed E-state index contributed by atoms with van der Waals surface area (Å²) < 4.78 is 44.1. The van der Waals surface area contributed by atoms with Gasteiger partial charge >= 0.3 is 6.18 Å². The van der Waals surface area contributed by atoms with E-state index in [1.807, 2.05) is 13.0 Å². The maximum absolute atomic E-state index is 13.0. The number of halogens is 3. The van der Waals surface area contributed by atoms with Gasteiger partial charge in [-0.25, -0.2) is 4.98 Å². The van der Waals surface area contributed by atoms with Crippen LogP contribution in [0.2, 0.25) is 0 Å². The number of alkyl halides is 3. The van der Waals surface area contributed by atoms with Crippen LogP contribution in [0, 0.1) is 29.1 Å². The summed E-state index contributed by atoms with van der Waals surface area (Å²) in [7, 11) is 1.37. The lowest BCUT2D eigenvalue weighted by Crippen LogP contribution is -2.50. The van der Waals surface area contributed by atoms with Gasteiger partial charge in [-0.3, -0.25) is 0 Å². The number of aliphatic hydroxyl groups is 1. The van der Waals surface area contributed by atoms with E-state index in [9.17, 15) is 18.3 Å². The van der Waals surface area contributed by atoms with Crippen LogP contribution in [-0.2, 0) is 0 Å². The molecule has 2 heterocycles. The summed E-state index contributed by atoms with van der Waals surface area (Å²) in [6.07, 6.45) is -5.74. The molecule has 1 aromatic rings. The smallest absolute Gasteiger partial charge is 0.416 e. The van der Waals surface area contributed by atoms with Crippen LogP contribution in [0.5, 0.6) is 5.75 Å². The van der Waals surface area contributed by atoms with E-state index in [1.54, 1.807) is 0 Å². The maximum Gasteiger partial charge on any atom is 0.416 e. The number of rotatable bonds is 3. The molecule has 1 aliphatic heterocycles. The highest BCUT2D eigenvalue weighted by Gasteiger charge is 2.64. The van der Waals surface area contributed by atoms with Gasteiger partial charge < -0.3 is 14.7 Å². The zero-order valence-electron chi connectivity index (χ0n) is 12.6. The fourth-order valence-corrected chi connectivity index (χ4v) is 3.67. The monoisotopic (exact) mass is 327 g/mol. The number of aliphatic hydroxyl groups excluding tert-OH is 1. The molecule has 0 bridgehead atoms. The molecule has 4 unspecified atom stereocenters. The first kappa shape index (κ1) is 15.9. The Morgan fingerprint density at radius 2 is 2.22 bits per heavy atom. The number of pyridine rings is 1. The van der Waals surface area contributed by atoms with Gasteiger partial charge in [0.2, 0.25) is 0 Å². The molecule has 0 aromatic carbocycles. The third-order valence-electron chi connectivity index (χ3n) is 4.95. The van der Waals surface area contributed by atoms with Crippen molar-refractivity contribution in [2.24, 2.45) is 17.8 Å². The van der Waals surface area contributed by atoms with Gasteiger partial charge in [-0.05, 0) is 17.8 Å².